The van der Waals surface area contributed by atoms with Gasteiger partial charge in [-0.05, 0) is 119 Å². The summed E-state index contributed by atoms with van der Waals surface area (Å²) in [6, 6.07) is 85.0. The van der Waals surface area contributed by atoms with Crippen molar-refractivity contribution < 1.29 is 8.83 Å². The first-order chi connectivity index (χ1) is 48.6. The van der Waals surface area contributed by atoms with Gasteiger partial charge in [0, 0.05) is 47.6 Å². The number of hydrogen-bond acceptors (Lipinski definition) is 8. The molecule has 10 nitrogen and oxygen atoms in total. The number of fused-ring (bicyclic) bond motifs is 8. The number of thiophene rings is 1. The Morgan fingerprint density at radius 2 is 0.806 bits per heavy atom. The maximum atomic E-state index is 5.12. The molecule has 17 aromatic rings. The molecule has 0 amide bonds. The molecular weight excluding hydrogens is 1240 g/mol. The monoisotopic (exact) mass is 1350 g/mol. The van der Waals surface area contributed by atoms with Crippen LogP contribution < -0.4 is 0 Å². The molecule has 0 saturated carbocycles. The van der Waals surface area contributed by atoms with Crippen molar-refractivity contribution in [2.75, 3.05) is 0 Å². The number of thiazole rings is 1. The van der Waals surface area contributed by atoms with Crippen molar-refractivity contribution in [1.82, 2.24) is 39.0 Å². The topological polar surface area (TPSA) is 119 Å². The van der Waals surface area contributed by atoms with Crippen LogP contribution in [0.15, 0.2) is 312 Å². The lowest BCUT2D eigenvalue weighted by atomic mass is 10.2. The number of aromatic amines is 2. The fraction of sp³-hybridized carbons (Fsp3) is 0.233. The van der Waals surface area contributed by atoms with Gasteiger partial charge in [0.2, 0.25) is 0 Å². The Balaban J connectivity index is 0.00000105. The zero-order valence-corrected chi connectivity index (χ0v) is 63.8. The van der Waals surface area contributed by atoms with E-state index in [1.807, 2.05) is 318 Å². The highest BCUT2D eigenvalue weighted by Crippen LogP contribution is 2.20. The summed E-state index contributed by atoms with van der Waals surface area (Å²) in [6.45, 7) is 36.0. The Morgan fingerprint density at radius 3 is 1.37 bits per heavy atom. The molecule has 0 radical (unpaired) electrons. The van der Waals surface area contributed by atoms with Gasteiger partial charge in [-0.2, -0.15) is 0 Å². The van der Waals surface area contributed by atoms with Crippen LogP contribution in [0.25, 0.3) is 86.2 Å². The van der Waals surface area contributed by atoms with Crippen LogP contribution in [0.1, 0.15) is 125 Å². The minimum Gasteiger partial charge on any atom is -0.464 e. The molecule has 0 bridgehead atoms. The van der Waals surface area contributed by atoms with Crippen LogP contribution in [0.2, 0.25) is 0 Å². The molecule has 8 aromatic heterocycles. The Morgan fingerprint density at radius 1 is 0.316 bits per heavy atom. The highest BCUT2D eigenvalue weighted by atomic mass is 32.1. The number of nitrogens with one attached hydrogen (secondary N) is 2. The summed E-state index contributed by atoms with van der Waals surface area (Å²) in [7, 11) is 4.05. The van der Waals surface area contributed by atoms with Gasteiger partial charge < -0.3 is 27.9 Å². The molecule has 0 aliphatic heterocycles. The number of nitrogens with zero attached hydrogens (tertiary/aromatic N) is 6. The van der Waals surface area contributed by atoms with Crippen LogP contribution in [0, 0.1) is 0 Å². The summed E-state index contributed by atoms with van der Waals surface area (Å²) in [5.41, 5.74) is 12.5. The molecule has 0 spiro atoms. The van der Waals surface area contributed by atoms with Crippen molar-refractivity contribution >= 4 is 109 Å². The maximum absolute atomic E-state index is 5.12. The molecule has 12 heteroatoms. The molecule has 9 aromatic carbocycles. The van der Waals surface area contributed by atoms with E-state index in [0.29, 0.717) is 0 Å². The fourth-order valence-electron chi connectivity index (χ4n) is 7.98. The van der Waals surface area contributed by atoms with E-state index in [4.69, 9.17) is 8.83 Å². The van der Waals surface area contributed by atoms with Crippen molar-refractivity contribution in [2.24, 2.45) is 14.1 Å². The van der Waals surface area contributed by atoms with Crippen LogP contribution in [0.3, 0.4) is 0 Å². The SMILES string of the molecule is CC.CC.CC.CC.CC.CC.CC.CC.CC.Cn1ccc2ccccc21.Cn1cnc2ccccc21.c1ccc2[nH]ccc2c1.c1ccc2[nH]cnc2c1.c1ccc2occc2c1.c1ccc2ocnc2c1.c1ccc2sccc2c1.c1ccc2scnc2c1.c1ccccc1. The van der Waals surface area contributed by atoms with Gasteiger partial charge in [-0.25, -0.2) is 19.9 Å². The van der Waals surface area contributed by atoms with E-state index in [9.17, 15) is 0 Å². The average Bonchev–Trinajstić information content (AvgIpc) is 1.74. The normalized spacial score (nSPS) is 8.82. The quantitative estimate of drug-likeness (QED) is 0.156. The van der Waals surface area contributed by atoms with Crippen LogP contribution in [-0.4, -0.2) is 39.0 Å². The van der Waals surface area contributed by atoms with Crippen LogP contribution in [-0.2, 0) is 14.1 Å². The third-order valence-corrected chi connectivity index (χ3v) is 13.8. The number of hydrogen-bond donors (Lipinski definition) is 2. The van der Waals surface area contributed by atoms with Gasteiger partial charge in [0.05, 0.1) is 56.7 Å². The second kappa shape index (κ2) is 59.4. The van der Waals surface area contributed by atoms with Gasteiger partial charge >= 0.3 is 0 Å². The highest BCUT2D eigenvalue weighted by Gasteiger charge is 1.96. The number of aromatic nitrogens is 8. The summed E-state index contributed by atoms with van der Waals surface area (Å²) in [5.74, 6) is 0. The largest absolute Gasteiger partial charge is 0.464 e. The zero-order valence-electron chi connectivity index (χ0n) is 62.2. The summed E-state index contributed by atoms with van der Waals surface area (Å²) < 4.78 is 16.9. The lowest BCUT2D eigenvalue weighted by Crippen LogP contribution is -1.81. The number of furan rings is 1. The number of imidazole rings is 2. The van der Waals surface area contributed by atoms with E-state index in [-0.39, 0.29) is 0 Å². The summed E-state index contributed by atoms with van der Waals surface area (Å²) >= 11 is 3.46. The third kappa shape index (κ3) is 32.5. The first-order valence-corrected chi connectivity index (χ1v) is 36.5. The van der Waals surface area contributed by atoms with Gasteiger partial charge in [-0.1, -0.05) is 282 Å². The van der Waals surface area contributed by atoms with Crippen molar-refractivity contribution in [1.29, 1.82) is 0 Å². The Bertz CT molecular complexity index is 3680. The number of aryl methyl sites for hydroxylation is 2. The van der Waals surface area contributed by atoms with Gasteiger partial charge in [-0.15, -0.1) is 22.7 Å². The van der Waals surface area contributed by atoms with Crippen molar-refractivity contribution in [3.05, 3.63) is 303 Å². The Kier molecular flexibility index (Phi) is 53.2. The van der Waals surface area contributed by atoms with Crippen molar-refractivity contribution in [3.8, 4) is 0 Å². The standard InChI is InChI=1S/C9H9N.C8H8N2.C8H7N.C8H6O.C8H6S.C7H6N2.C7H5NO.C7H5NS.C6H6.9C2H6/c1-10-7-6-8-4-2-3-5-9(8)10;1-10-6-9-7-4-2-3-5-8(7)10;3*1-2-4-8-7(3-1)5-6-9-8;3*1-2-4-7-6(3-1)8-5-9-7;1-2-4-6-5-3-1;9*1-2/h2-7H,1H3;2-6H,1H3;1-6,9H;2*1-6H;1-5H,(H,8,9);2*1-5H;1-6H;9*1-2H3. The van der Waals surface area contributed by atoms with Gasteiger partial charge in [0.25, 0.3) is 0 Å². The van der Waals surface area contributed by atoms with E-state index < -0.39 is 0 Å². The number of H-pyrrole nitrogens is 2. The number of oxazole rings is 1. The predicted molar refractivity (Wildman–Crippen MR) is 438 cm³/mol. The first-order valence-electron chi connectivity index (χ1n) is 34.7. The highest BCUT2D eigenvalue weighted by molar-refractivity contribution is 7.17. The van der Waals surface area contributed by atoms with E-state index >= 15 is 0 Å². The summed E-state index contributed by atoms with van der Waals surface area (Å²) in [5, 5.41) is 7.22. The molecule has 520 valence electrons. The van der Waals surface area contributed by atoms with Crippen molar-refractivity contribution in [2.45, 2.75) is 125 Å². The molecule has 8 heterocycles. The number of rotatable bonds is 0. The van der Waals surface area contributed by atoms with Gasteiger partial charge in [0.15, 0.2) is 12.0 Å². The third-order valence-electron chi connectivity index (χ3n) is 12.1. The molecule has 0 fully saturated rings. The molecule has 17 rings (SSSR count). The summed E-state index contributed by atoms with van der Waals surface area (Å²) in [4.78, 5) is 22.5. The van der Waals surface area contributed by atoms with Gasteiger partial charge in [0.1, 0.15) is 11.1 Å². The molecule has 0 unspecified atom stereocenters. The molecule has 98 heavy (non-hydrogen) atoms. The van der Waals surface area contributed by atoms with Gasteiger partial charge in [-0.3, -0.25) is 0 Å². The maximum Gasteiger partial charge on any atom is 0.181 e. The number of para-hydroxylation sites is 10. The average molecular weight is 1350 g/mol. The molecular formula is C86H112N8O2S2. The van der Waals surface area contributed by atoms with Crippen molar-refractivity contribution in [3.63, 3.8) is 0 Å². The zero-order chi connectivity index (χ0) is 72.8. The smallest absolute Gasteiger partial charge is 0.181 e. The second-order valence-electron chi connectivity index (χ2n) is 17.5. The molecule has 2 N–H and O–H groups in total. The number of benzene rings is 9. The van der Waals surface area contributed by atoms with E-state index in [1.54, 1.807) is 35.3 Å². The fourth-order valence-corrected chi connectivity index (χ4v) is 9.45. The Hall–Kier alpha value is -10.1. The Labute approximate surface area is 595 Å². The molecule has 0 saturated heterocycles. The lowest BCUT2D eigenvalue weighted by Gasteiger charge is -1.92. The molecule has 0 aliphatic rings. The van der Waals surface area contributed by atoms with Crippen LogP contribution in [0.4, 0.5) is 0 Å². The first kappa shape index (κ1) is 87.9. The van der Waals surface area contributed by atoms with Crippen LogP contribution in [0.5, 0.6) is 0 Å². The molecule has 0 aliphatic carbocycles. The predicted octanol–water partition coefficient (Wildman–Crippen LogP) is 27.9. The van der Waals surface area contributed by atoms with E-state index in [0.717, 1.165) is 44.1 Å². The van der Waals surface area contributed by atoms with E-state index in [1.165, 1.54) is 48.5 Å². The molecule has 0 atom stereocenters. The second-order valence-corrected chi connectivity index (χ2v) is 19.4. The lowest BCUT2D eigenvalue weighted by molar-refractivity contribution is 0.602. The minimum absolute atomic E-state index is 0.845. The van der Waals surface area contributed by atoms with E-state index in [2.05, 4.69) is 144 Å². The summed E-state index contributed by atoms with van der Waals surface area (Å²) in [6.07, 6.45) is 10.7. The minimum atomic E-state index is 0.845. The van der Waals surface area contributed by atoms with Crippen LogP contribution >= 0.6 is 22.7 Å².